The Morgan fingerprint density at radius 1 is 1.16 bits per heavy atom. The number of hydrogen-bond donors (Lipinski definition) is 4. The summed E-state index contributed by atoms with van der Waals surface area (Å²) in [5.41, 5.74) is 14.1. The van der Waals surface area contributed by atoms with E-state index in [0.29, 0.717) is 28.3 Å². The van der Waals surface area contributed by atoms with Gasteiger partial charge in [0.2, 0.25) is 5.96 Å². The van der Waals surface area contributed by atoms with Crippen LogP contribution in [0.1, 0.15) is 28.3 Å². The molecule has 1 aliphatic heterocycles. The van der Waals surface area contributed by atoms with E-state index < -0.39 is 6.04 Å². The fourth-order valence-corrected chi connectivity index (χ4v) is 3.39. The zero-order chi connectivity index (χ0) is 22.7. The smallest absolute Gasteiger partial charge is 0.211 e. The number of nitrogens with two attached hydrogens (primary N) is 2. The number of benzene rings is 2. The van der Waals surface area contributed by atoms with E-state index in [2.05, 4.69) is 20.6 Å². The largest absolute Gasteiger partial charge is 0.489 e. The van der Waals surface area contributed by atoms with Crippen LogP contribution in [-0.2, 0) is 6.61 Å². The Bertz CT molecular complexity index is 1310. The number of anilines is 3. The van der Waals surface area contributed by atoms with E-state index in [1.54, 1.807) is 36.5 Å². The summed E-state index contributed by atoms with van der Waals surface area (Å²) in [5.74, 6) is 0.614. The van der Waals surface area contributed by atoms with Gasteiger partial charge in [-0.2, -0.15) is 10.5 Å². The first-order valence-corrected chi connectivity index (χ1v) is 9.46. The van der Waals surface area contributed by atoms with Crippen LogP contribution in [0.3, 0.4) is 0 Å². The maximum Gasteiger partial charge on any atom is 0.211 e. The van der Waals surface area contributed by atoms with Gasteiger partial charge < -0.3 is 21.5 Å². The Hall–Kier alpha value is -4.83. The Kier molecular flexibility index (Phi) is 5.43. The summed E-state index contributed by atoms with van der Waals surface area (Å²) in [6.07, 6.45) is 1.81. The monoisotopic (exact) mass is 428 g/mol. The summed E-state index contributed by atoms with van der Waals surface area (Å²) in [4.78, 5) is 8.74. The molecule has 0 spiro atoms. The molecule has 0 amide bonds. The van der Waals surface area contributed by atoms with Crippen LogP contribution < -0.4 is 26.8 Å². The van der Waals surface area contributed by atoms with Crippen LogP contribution in [-0.4, -0.2) is 10.9 Å². The summed E-state index contributed by atoms with van der Waals surface area (Å²) < 4.78 is 19.2. The summed E-state index contributed by atoms with van der Waals surface area (Å²) in [7, 11) is 0. The highest BCUT2D eigenvalue weighted by Crippen LogP contribution is 2.41. The number of nitrogens with one attached hydrogen (secondary N) is 2. The van der Waals surface area contributed by atoms with Crippen LogP contribution in [0.5, 0.6) is 5.75 Å². The lowest BCUT2D eigenvalue weighted by molar-refractivity contribution is 0.305. The molecule has 0 bridgehead atoms. The molecule has 0 aliphatic carbocycles. The number of guanidine groups is 1. The lowest BCUT2D eigenvalue weighted by atomic mass is 9.95. The van der Waals surface area contributed by atoms with Crippen molar-refractivity contribution in [2.24, 2.45) is 4.99 Å². The summed E-state index contributed by atoms with van der Waals surface area (Å²) in [5, 5.41) is 23.8. The molecular weight excluding hydrogens is 411 g/mol. The fourth-order valence-electron chi connectivity index (χ4n) is 3.39. The minimum absolute atomic E-state index is 0.0274. The second kappa shape index (κ2) is 8.50. The number of fused-ring (bicyclic) bond motifs is 1. The Balaban J connectivity index is 1.72. The van der Waals surface area contributed by atoms with Gasteiger partial charge in [-0.25, -0.2) is 14.4 Å². The van der Waals surface area contributed by atoms with Crippen molar-refractivity contribution in [1.82, 2.24) is 10.3 Å². The van der Waals surface area contributed by atoms with E-state index in [1.807, 2.05) is 12.1 Å². The molecule has 0 radical (unpaired) electrons. The maximum absolute atomic E-state index is 13.4. The molecule has 9 nitrogen and oxygen atoms in total. The van der Waals surface area contributed by atoms with Crippen LogP contribution in [0.4, 0.5) is 21.7 Å². The van der Waals surface area contributed by atoms with Crippen molar-refractivity contribution in [2.45, 2.75) is 12.6 Å². The van der Waals surface area contributed by atoms with E-state index in [0.717, 1.165) is 0 Å². The molecule has 4 rings (SSSR count). The molecule has 0 saturated carbocycles. The number of ether oxygens (including phenoxy) is 1. The van der Waals surface area contributed by atoms with E-state index in [9.17, 15) is 9.65 Å². The number of hydrogen-bond acceptors (Lipinski definition) is 9. The lowest BCUT2D eigenvalue weighted by Crippen LogP contribution is -2.32. The molecule has 1 atom stereocenters. The van der Waals surface area contributed by atoms with E-state index in [1.165, 1.54) is 12.1 Å². The van der Waals surface area contributed by atoms with Gasteiger partial charge in [-0.1, -0.05) is 24.3 Å². The first kappa shape index (κ1) is 20.4. The molecule has 1 unspecified atom stereocenters. The van der Waals surface area contributed by atoms with Crippen LogP contribution in [0, 0.1) is 28.6 Å². The molecule has 2 heterocycles. The highest BCUT2D eigenvalue weighted by Gasteiger charge is 2.29. The van der Waals surface area contributed by atoms with Gasteiger partial charge in [0, 0.05) is 5.56 Å². The lowest BCUT2D eigenvalue weighted by Gasteiger charge is -2.26. The topological polar surface area (TPSA) is 158 Å². The van der Waals surface area contributed by atoms with Gasteiger partial charge in [-0.15, -0.1) is 0 Å². The summed E-state index contributed by atoms with van der Waals surface area (Å²) in [6.45, 7) is 0.174. The molecule has 2 aromatic carbocycles. The van der Waals surface area contributed by atoms with Crippen molar-refractivity contribution in [3.63, 3.8) is 0 Å². The minimum atomic E-state index is -0.681. The Morgan fingerprint density at radius 2 is 1.97 bits per heavy atom. The Morgan fingerprint density at radius 3 is 2.72 bits per heavy atom. The third kappa shape index (κ3) is 3.93. The number of aliphatic imine (C=N–C) groups is 1. The standard InChI is InChI=1S/C22H17FN8O/c23-14-5-1-3-12(7-14)10-32-15-6-2-4-13(8-15)19-17-18(26)16(9-24)20(27)30-21(17)31-22(29-19)28-11-25/h1-8,19H,10H2,(H6,26,27,28,29,30,31). The van der Waals surface area contributed by atoms with Gasteiger partial charge in [0.15, 0.2) is 6.19 Å². The van der Waals surface area contributed by atoms with Crippen LogP contribution in [0.15, 0.2) is 53.5 Å². The number of halogens is 1. The van der Waals surface area contributed by atoms with Crippen LogP contribution in [0.25, 0.3) is 0 Å². The van der Waals surface area contributed by atoms with E-state index >= 15 is 0 Å². The molecule has 1 aromatic heterocycles. The number of nitriles is 2. The van der Waals surface area contributed by atoms with Gasteiger partial charge in [-0.3, -0.25) is 5.32 Å². The highest BCUT2D eigenvalue weighted by molar-refractivity contribution is 5.98. The first-order valence-electron chi connectivity index (χ1n) is 9.46. The summed E-state index contributed by atoms with van der Waals surface area (Å²) in [6, 6.07) is 14.5. The third-order valence-electron chi connectivity index (χ3n) is 4.83. The minimum Gasteiger partial charge on any atom is -0.489 e. The normalized spacial score (nSPS) is 14.2. The number of rotatable bonds is 4. The average molecular weight is 428 g/mol. The van der Waals surface area contributed by atoms with Gasteiger partial charge in [0.1, 0.15) is 47.5 Å². The quantitative estimate of drug-likeness (QED) is 0.365. The van der Waals surface area contributed by atoms with Crippen LogP contribution in [0.2, 0.25) is 0 Å². The van der Waals surface area contributed by atoms with Gasteiger partial charge in [0.25, 0.3) is 0 Å². The fraction of sp³-hybridized carbons (Fsp3) is 0.0909. The number of nitrogens with zero attached hydrogens (tertiary/aromatic N) is 4. The zero-order valence-corrected chi connectivity index (χ0v) is 16.6. The van der Waals surface area contributed by atoms with Gasteiger partial charge in [-0.05, 0) is 35.4 Å². The first-order chi connectivity index (χ1) is 15.5. The highest BCUT2D eigenvalue weighted by atomic mass is 19.1. The molecule has 3 aromatic rings. The predicted octanol–water partition coefficient (Wildman–Crippen LogP) is 2.78. The molecular formula is C22H17FN8O. The van der Waals surface area contributed by atoms with Crippen LogP contribution >= 0.6 is 0 Å². The van der Waals surface area contributed by atoms with Gasteiger partial charge in [0.05, 0.1) is 5.69 Å². The van der Waals surface area contributed by atoms with Crippen molar-refractivity contribution in [1.29, 1.82) is 10.5 Å². The number of aromatic nitrogens is 1. The maximum atomic E-state index is 13.4. The number of pyridine rings is 1. The molecule has 32 heavy (non-hydrogen) atoms. The summed E-state index contributed by atoms with van der Waals surface area (Å²) >= 11 is 0. The molecule has 158 valence electrons. The number of nitrogen functional groups attached to an aromatic ring is 2. The van der Waals surface area contributed by atoms with E-state index in [4.69, 9.17) is 21.5 Å². The molecule has 0 fully saturated rings. The predicted molar refractivity (Wildman–Crippen MR) is 117 cm³/mol. The molecule has 10 heteroatoms. The van der Waals surface area contributed by atoms with Crippen molar-refractivity contribution in [2.75, 3.05) is 16.8 Å². The van der Waals surface area contributed by atoms with Crippen molar-refractivity contribution in [3.8, 4) is 18.0 Å². The molecule has 0 saturated heterocycles. The van der Waals surface area contributed by atoms with Crippen molar-refractivity contribution >= 4 is 23.3 Å². The Labute approximate surface area is 182 Å². The van der Waals surface area contributed by atoms with Crippen molar-refractivity contribution in [3.05, 3.63) is 76.6 Å². The van der Waals surface area contributed by atoms with Crippen molar-refractivity contribution < 1.29 is 9.13 Å². The molecule has 1 aliphatic rings. The SMILES string of the molecule is N#CNC1=NC(c2cccc(OCc3cccc(F)c3)c2)c2c(nc(N)c(C#N)c2N)N1. The third-order valence-corrected chi connectivity index (χ3v) is 4.83. The van der Waals surface area contributed by atoms with Gasteiger partial charge >= 0.3 is 0 Å². The molecule has 6 N–H and O–H groups in total. The average Bonchev–Trinajstić information content (AvgIpc) is 2.78. The van der Waals surface area contributed by atoms with E-state index in [-0.39, 0.29) is 35.5 Å². The second-order valence-corrected chi connectivity index (χ2v) is 6.89. The zero-order valence-electron chi connectivity index (χ0n) is 16.6. The second-order valence-electron chi connectivity index (χ2n) is 6.89.